The summed E-state index contributed by atoms with van der Waals surface area (Å²) in [4.78, 5) is 0. The van der Waals surface area contributed by atoms with Gasteiger partial charge in [-0.3, -0.25) is 0 Å². The van der Waals surface area contributed by atoms with Crippen LogP contribution >= 0.6 is 24.0 Å². The van der Waals surface area contributed by atoms with Crippen LogP contribution in [0.15, 0.2) is 29.6 Å². The summed E-state index contributed by atoms with van der Waals surface area (Å²) in [5.41, 5.74) is 1.59. The van der Waals surface area contributed by atoms with Crippen LogP contribution in [0.1, 0.15) is 5.56 Å². The van der Waals surface area contributed by atoms with Crippen molar-refractivity contribution in [1.29, 1.82) is 0 Å². The molecular weight excluding hydrogens is 224 g/mol. The summed E-state index contributed by atoms with van der Waals surface area (Å²) in [7, 11) is 0. The van der Waals surface area contributed by atoms with Crippen molar-refractivity contribution in [1.82, 2.24) is 0 Å². The van der Waals surface area contributed by atoms with Gasteiger partial charge in [-0.15, -0.1) is 11.3 Å². The van der Waals surface area contributed by atoms with Gasteiger partial charge in [0.25, 0.3) is 0 Å². The molecule has 1 aliphatic heterocycles. The fourth-order valence-electron chi connectivity index (χ4n) is 2.07. The van der Waals surface area contributed by atoms with Gasteiger partial charge < -0.3 is 4.74 Å². The van der Waals surface area contributed by atoms with Gasteiger partial charge >= 0.3 is 0 Å². The van der Waals surface area contributed by atoms with Gasteiger partial charge in [0.05, 0.1) is 18.6 Å². The molecule has 0 unspecified atom stereocenters. The Morgan fingerprint density at radius 2 is 2.13 bits per heavy atom. The standard InChI is InChI=1S/C12H12OS2/c14-8-12(6-13-7-12)10-5-15-11-4-2-1-3-9(10)11/h1-5,14H,6-8H2. The molecule has 3 heteroatoms. The fourth-order valence-corrected chi connectivity index (χ4v) is 3.51. The Labute approximate surface area is 98.5 Å². The van der Waals surface area contributed by atoms with E-state index in [9.17, 15) is 0 Å². The van der Waals surface area contributed by atoms with E-state index in [0.29, 0.717) is 0 Å². The zero-order valence-electron chi connectivity index (χ0n) is 8.27. The average molecular weight is 236 g/mol. The lowest BCUT2D eigenvalue weighted by Gasteiger charge is -2.40. The van der Waals surface area contributed by atoms with Crippen LogP contribution in [0.25, 0.3) is 10.1 Å². The van der Waals surface area contributed by atoms with Gasteiger partial charge in [-0.25, -0.2) is 0 Å². The third-order valence-electron chi connectivity index (χ3n) is 3.11. The van der Waals surface area contributed by atoms with Gasteiger partial charge in [-0.1, -0.05) is 18.2 Å². The number of thiol groups is 1. The summed E-state index contributed by atoms with van der Waals surface area (Å²) in [6.45, 7) is 1.63. The second-order valence-corrected chi connectivity index (χ2v) is 5.30. The molecule has 1 nitrogen and oxygen atoms in total. The third-order valence-corrected chi connectivity index (χ3v) is 4.68. The normalized spacial score (nSPS) is 19.0. The maximum absolute atomic E-state index is 5.36. The highest BCUT2D eigenvalue weighted by Crippen LogP contribution is 2.40. The molecule has 0 radical (unpaired) electrons. The topological polar surface area (TPSA) is 9.23 Å². The maximum atomic E-state index is 5.36. The number of hydrogen-bond donors (Lipinski definition) is 1. The van der Waals surface area contributed by atoms with E-state index >= 15 is 0 Å². The van der Waals surface area contributed by atoms with Crippen LogP contribution in [0.3, 0.4) is 0 Å². The van der Waals surface area contributed by atoms with Gasteiger partial charge in [-0.2, -0.15) is 12.6 Å². The lowest BCUT2D eigenvalue weighted by molar-refractivity contribution is -0.0461. The quantitative estimate of drug-likeness (QED) is 0.788. The summed E-state index contributed by atoms with van der Waals surface area (Å²) in [6.07, 6.45) is 0. The van der Waals surface area contributed by atoms with Crippen molar-refractivity contribution in [3.8, 4) is 0 Å². The van der Waals surface area contributed by atoms with Crippen molar-refractivity contribution < 1.29 is 4.74 Å². The van der Waals surface area contributed by atoms with Gasteiger partial charge in [0, 0.05) is 10.5 Å². The van der Waals surface area contributed by atoms with Crippen LogP contribution in [0.5, 0.6) is 0 Å². The second kappa shape index (κ2) is 3.51. The maximum Gasteiger partial charge on any atom is 0.0594 e. The molecule has 0 spiro atoms. The van der Waals surface area contributed by atoms with Crippen molar-refractivity contribution in [2.24, 2.45) is 0 Å². The van der Waals surface area contributed by atoms with E-state index in [1.807, 2.05) is 11.3 Å². The van der Waals surface area contributed by atoms with Crippen LogP contribution in [0.2, 0.25) is 0 Å². The largest absolute Gasteiger partial charge is 0.379 e. The summed E-state index contributed by atoms with van der Waals surface area (Å²) >= 11 is 6.29. The van der Waals surface area contributed by atoms with E-state index < -0.39 is 0 Å². The Morgan fingerprint density at radius 1 is 1.33 bits per heavy atom. The predicted octanol–water partition coefficient (Wildman–Crippen LogP) is 3.10. The van der Waals surface area contributed by atoms with E-state index in [1.165, 1.54) is 15.6 Å². The van der Waals surface area contributed by atoms with Gasteiger partial charge in [-0.05, 0) is 22.4 Å². The molecule has 0 N–H and O–H groups in total. The summed E-state index contributed by atoms with van der Waals surface area (Å²) in [5.74, 6) is 0.869. The zero-order chi connectivity index (χ0) is 10.3. The molecule has 0 amide bonds. The van der Waals surface area contributed by atoms with E-state index in [4.69, 9.17) is 4.74 Å². The molecule has 0 atom stereocenters. The SMILES string of the molecule is SCC1(c2csc3ccccc23)COC1. The molecule has 15 heavy (non-hydrogen) atoms. The summed E-state index contributed by atoms with van der Waals surface area (Å²) < 4.78 is 6.72. The summed E-state index contributed by atoms with van der Waals surface area (Å²) in [5, 5.41) is 3.64. The first-order valence-corrected chi connectivity index (χ1v) is 6.52. The van der Waals surface area contributed by atoms with Gasteiger partial charge in [0.15, 0.2) is 0 Å². The zero-order valence-corrected chi connectivity index (χ0v) is 9.98. The molecular formula is C12H12OS2. The molecule has 0 aliphatic carbocycles. The lowest BCUT2D eigenvalue weighted by Crippen LogP contribution is -2.48. The number of fused-ring (bicyclic) bond motifs is 1. The average Bonchev–Trinajstić information content (AvgIpc) is 2.62. The predicted molar refractivity (Wildman–Crippen MR) is 68.2 cm³/mol. The van der Waals surface area contributed by atoms with E-state index in [-0.39, 0.29) is 5.41 Å². The van der Waals surface area contributed by atoms with Crippen LogP contribution in [0.4, 0.5) is 0 Å². The number of thiophene rings is 1. The smallest absolute Gasteiger partial charge is 0.0594 e. The van der Waals surface area contributed by atoms with Crippen molar-refractivity contribution >= 4 is 34.1 Å². The van der Waals surface area contributed by atoms with Crippen LogP contribution in [0, 0.1) is 0 Å². The highest BCUT2D eigenvalue weighted by atomic mass is 32.1. The molecule has 3 rings (SSSR count). The Bertz CT molecular complexity index is 480. The highest BCUT2D eigenvalue weighted by molar-refractivity contribution is 7.80. The number of ether oxygens (including phenoxy) is 1. The molecule has 1 aromatic carbocycles. The highest BCUT2D eigenvalue weighted by Gasteiger charge is 2.40. The first-order chi connectivity index (χ1) is 7.36. The molecule has 2 aromatic rings. The van der Waals surface area contributed by atoms with E-state index in [0.717, 1.165) is 19.0 Å². The monoisotopic (exact) mass is 236 g/mol. The second-order valence-electron chi connectivity index (χ2n) is 4.08. The molecule has 0 saturated carbocycles. The Morgan fingerprint density at radius 3 is 2.80 bits per heavy atom. The Hall–Kier alpha value is -0.510. The molecule has 1 fully saturated rings. The fraction of sp³-hybridized carbons (Fsp3) is 0.333. The lowest BCUT2D eigenvalue weighted by atomic mass is 9.80. The van der Waals surface area contributed by atoms with Crippen LogP contribution < -0.4 is 0 Å². The van der Waals surface area contributed by atoms with Gasteiger partial charge in [0.2, 0.25) is 0 Å². The molecule has 2 heterocycles. The Kier molecular flexibility index (Phi) is 2.27. The Balaban J connectivity index is 2.18. The van der Waals surface area contributed by atoms with Gasteiger partial charge in [0.1, 0.15) is 0 Å². The number of rotatable bonds is 2. The minimum absolute atomic E-state index is 0.169. The minimum Gasteiger partial charge on any atom is -0.379 e. The molecule has 1 aliphatic rings. The molecule has 1 saturated heterocycles. The minimum atomic E-state index is 0.169. The van der Waals surface area contributed by atoms with Crippen molar-refractivity contribution in [3.05, 3.63) is 35.2 Å². The number of benzene rings is 1. The first-order valence-electron chi connectivity index (χ1n) is 5.01. The first kappa shape index (κ1) is 9.70. The van der Waals surface area contributed by atoms with Crippen LogP contribution in [-0.2, 0) is 10.2 Å². The third kappa shape index (κ3) is 1.34. The molecule has 78 valence electrons. The van der Waals surface area contributed by atoms with Crippen molar-refractivity contribution in [2.75, 3.05) is 19.0 Å². The van der Waals surface area contributed by atoms with E-state index in [2.05, 4.69) is 42.3 Å². The van der Waals surface area contributed by atoms with Crippen molar-refractivity contribution in [3.63, 3.8) is 0 Å². The van der Waals surface area contributed by atoms with Crippen molar-refractivity contribution in [2.45, 2.75) is 5.41 Å². The van der Waals surface area contributed by atoms with E-state index in [1.54, 1.807) is 0 Å². The molecule has 1 aromatic heterocycles. The summed E-state index contributed by atoms with van der Waals surface area (Å²) in [6, 6.07) is 8.57. The molecule has 0 bridgehead atoms. The number of hydrogen-bond acceptors (Lipinski definition) is 3. The van der Waals surface area contributed by atoms with Crippen LogP contribution in [-0.4, -0.2) is 19.0 Å².